The summed E-state index contributed by atoms with van der Waals surface area (Å²) < 4.78 is 5.36. The van der Waals surface area contributed by atoms with Gasteiger partial charge in [-0.15, -0.1) is 0 Å². The molecule has 1 aromatic carbocycles. The van der Waals surface area contributed by atoms with E-state index >= 15 is 0 Å². The van der Waals surface area contributed by atoms with Crippen LogP contribution in [-0.4, -0.2) is 34.0 Å². The summed E-state index contributed by atoms with van der Waals surface area (Å²) in [4.78, 5) is 19.0. The van der Waals surface area contributed by atoms with Crippen LogP contribution in [0.3, 0.4) is 0 Å². The highest BCUT2D eigenvalue weighted by molar-refractivity contribution is 5.76. The van der Waals surface area contributed by atoms with E-state index in [-0.39, 0.29) is 11.3 Å². The Bertz CT molecular complexity index is 659. The van der Waals surface area contributed by atoms with E-state index in [2.05, 4.69) is 37.8 Å². The van der Waals surface area contributed by atoms with Crippen molar-refractivity contribution in [1.29, 1.82) is 0 Å². The highest BCUT2D eigenvalue weighted by Crippen LogP contribution is 2.20. The van der Waals surface area contributed by atoms with Gasteiger partial charge in [0, 0.05) is 31.5 Å². The summed E-state index contributed by atoms with van der Waals surface area (Å²) in [7, 11) is 0. The third-order valence-corrected chi connectivity index (χ3v) is 3.91. The van der Waals surface area contributed by atoms with Gasteiger partial charge in [0.25, 0.3) is 0 Å². The van der Waals surface area contributed by atoms with Gasteiger partial charge in [-0.05, 0) is 11.8 Å². The highest BCUT2D eigenvalue weighted by Gasteiger charge is 2.21. The Balaban J connectivity index is 1.98. The Morgan fingerprint density at radius 1 is 1.16 bits per heavy atom. The van der Waals surface area contributed by atoms with Crippen molar-refractivity contribution in [3.8, 4) is 11.4 Å². The molecular weight excluding hydrogens is 314 g/mol. The molecule has 0 aliphatic heterocycles. The van der Waals surface area contributed by atoms with Gasteiger partial charge in [-0.25, -0.2) is 0 Å². The molecule has 0 bridgehead atoms. The van der Waals surface area contributed by atoms with Crippen molar-refractivity contribution in [3.63, 3.8) is 0 Å². The quantitative estimate of drug-likeness (QED) is 0.715. The van der Waals surface area contributed by atoms with Crippen molar-refractivity contribution in [2.75, 3.05) is 13.1 Å². The molecule has 0 N–H and O–H groups in total. The molecule has 0 spiro atoms. The minimum Gasteiger partial charge on any atom is -0.342 e. The van der Waals surface area contributed by atoms with Gasteiger partial charge in [0.15, 0.2) is 0 Å². The van der Waals surface area contributed by atoms with Crippen LogP contribution in [0.5, 0.6) is 0 Å². The van der Waals surface area contributed by atoms with Crippen LogP contribution in [0.15, 0.2) is 34.9 Å². The Hall–Kier alpha value is -2.17. The SMILES string of the molecule is CCCCN(CCc1nc(-c2ccccc2)no1)C(=O)CC(C)(C)C. The first-order valence-electron chi connectivity index (χ1n) is 9.05. The maximum atomic E-state index is 12.6. The van der Waals surface area contributed by atoms with Crippen LogP contribution in [0.25, 0.3) is 11.4 Å². The topological polar surface area (TPSA) is 59.2 Å². The minimum atomic E-state index is -0.00743. The number of carbonyl (C=O) groups excluding carboxylic acids is 1. The van der Waals surface area contributed by atoms with Crippen LogP contribution in [0.4, 0.5) is 0 Å². The zero-order chi connectivity index (χ0) is 18.3. The van der Waals surface area contributed by atoms with Gasteiger partial charge >= 0.3 is 0 Å². The standard InChI is InChI=1S/C20H29N3O2/c1-5-6-13-23(18(24)15-20(2,3)4)14-12-17-21-19(22-25-17)16-10-8-7-9-11-16/h7-11H,5-6,12-15H2,1-4H3. The number of hydrogen-bond acceptors (Lipinski definition) is 4. The van der Waals surface area contributed by atoms with Gasteiger partial charge in [0.1, 0.15) is 0 Å². The summed E-state index contributed by atoms with van der Waals surface area (Å²) in [5.41, 5.74) is 0.927. The molecule has 5 heteroatoms. The molecule has 0 aliphatic rings. The smallest absolute Gasteiger partial charge is 0.228 e. The van der Waals surface area contributed by atoms with Crippen LogP contribution in [0, 0.1) is 5.41 Å². The van der Waals surface area contributed by atoms with E-state index < -0.39 is 0 Å². The molecule has 25 heavy (non-hydrogen) atoms. The number of carbonyl (C=O) groups is 1. The number of hydrogen-bond donors (Lipinski definition) is 0. The Kier molecular flexibility index (Phi) is 6.73. The molecule has 1 aromatic heterocycles. The zero-order valence-electron chi connectivity index (χ0n) is 15.8. The number of unbranched alkanes of at least 4 members (excludes halogenated alkanes) is 1. The number of amides is 1. The number of nitrogens with zero attached hydrogens (tertiary/aromatic N) is 3. The lowest BCUT2D eigenvalue weighted by Gasteiger charge is -2.26. The molecule has 0 atom stereocenters. The Labute approximate surface area is 150 Å². The predicted molar refractivity (Wildman–Crippen MR) is 99.0 cm³/mol. The summed E-state index contributed by atoms with van der Waals surface area (Å²) >= 11 is 0. The van der Waals surface area contributed by atoms with E-state index in [1.165, 1.54) is 0 Å². The second-order valence-corrected chi connectivity index (χ2v) is 7.60. The maximum absolute atomic E-state index is 12.6. The molecule has 2 rings (SSSR count). The molecule has 5 nitrogen and oxygen atoms in total. The average Bonchev–Trinajstić information content (AvgIpc) is 3.03. The third-order valence-electron chi connectivity index (χ3n) is 3.91. The number of aromatic nitrogens is 2. The van der Waals surface area contributed by atoms with Crippen LogP contribution >= 0.6 is 0 Å². The summed E-state index contributed by atoms with van der Waals surface area (Å²) in [5.74, 6) is 1.37. The Morgan fingerprint density at radius 3 is 2.52 bits per heavy atom. The van der Waals surface area contributed by atoms with Gasteiger partial charge in [0.05, 0.1) is 0 Å². The van der Waals surface area contributed by atoms with Gasteiger partial charge < -0.3 is 9.42 Å². The molecule has 0 radical (unpaired) electrons. The number of rotatable bonds is 8. The fourth-order valence-corrected chi connectivity index (χ4v) is 2.57. The maximum Gasteiger partial charge on any atom is 0.228 e. The molecule has 1 amide bonds. The second-order valence-electron chi connectivity index (χ2n) is 7.60. The first kappa shape index (κ1) is 19.2. The molecule has 0 saturated carbocycles. The summed E-state index contributed by atoms with van der Waals surface area (Å²) in [6.07, 6.45) is 3.21. The Morgan fingerprint density at radius 2 is 1.88 bits per heavy atom. The first-order chi connectivity index (χ1) is 11.9. The largest absolute Gasteiger partial charge is 0.342 e. The van der Waals surface area contributed by atoms with Gasteiger partial charge in [0.2, 0.25) is 17.6 Å². The van der Waals surface area contributed by atoms with Crippen molar-refractivity contribution in [2.24, 2.45) is 5.41 Å². The first-order valence-corrected chi connectivity index (χ1v) is 9.05. The lowest BCUT2D eigenvalue weighted by atomic mass is 9.91. The summed E-state index contributed by atoms with van der Waals surface area (Å²) in [6.45, 7) is 9.81. The van der Waals surface area contributed by atoms with Crippen LogP contribution in [-0.2, 0) is 11.2 Å². The van der Waals surface area contributed by atoms with Gasteiger partial charge in [-0.3, -0.25) is 4.79 Å². The van der Waals surface area contributed by atoms with E-state index in [9.17, 15) is 4.79 Å². The lowest BCUT2D eigenvalue weighted by Crippen LogP contribution is -2.36. The van der Waals surface area contributed by atoms with E-state index in [0.717, 1.165) is 24.9 Å². The molecular formula is C20H29N3O2. The van der Waals surface area contributed by atoms with Crippen molar-refractivity contribution >= 4 is 5.91 Å². The third kappa shape index (κ3) is 6.33. The van der Waals surface area contributed by atoms with E-state index in [0.29, 0.717) is 31.1 Å². The fourth-order valence-electron chi connectivity index (χ4n) is 2.57. The van der Waals surface area contributed by atoms with Gasteiger partial charge in [-0.2, -0.15) is 4.98 Å². The lowest BCUT2D eigenvalue weighted by molar-refractivity contribution is -0.133. The van der Waals surface area contributed by atoms with Crippen LogP contribution < -0.4 is 0 Å². The van der Waals surface area contributed by atoms with E-state index in [4.69, 9.17) is 4.52 Å². The van der Waals surface area contributed by atoms with E-state index in [1.54, 1.807) is 0 Å². The van der Waals surface area contributed by atoms with Crippen LogP contribution in [0.1, 0.15) is 52.8 Å². The van der Waals surface area contributed by atoms with Crippen molar-refractivity contribution in [3.05, 3.63) is 36.2 Å². The summed E-state index contributed by atoms with van der Waals surface area (Å²) in [5, 5.41) is 4.04. The normalized spacial score (nSPS) is 11.5. The molecule has 0 saturated heterocycles. The van der Waals surface area contributed by atoms with Crippen LogP contribution in [0.2, 0.25) is 0 Å². The molecule has 2 aromatic rings. The van der Waals surface area contributed by atoms with E-state index in [1.807, 2.05) is 35.2 Å². The van der Waals surface area contributed by atoms with Gasteiger partial charge in [-0.1, -0.05) is 69.6 Å². The predicted octanol–water partition coefficient (Wildman–Crippen LogP) is 4.34. The molecule has 0 unspecified atom stereocenters. The average molecular weight is 343 g/mol. The number of benzene rings is 1. The van der Waals surface area contributed by atoms with Crippen molar-refractivity contribution in [1.82, 2.24) is 15.0 Å². The molecule has 1 heterocycles. The zero-order valence-corrected chi connectivity index (χ0v) is 15.8. The summed E-state index contributed by atoms with van der Waals surface area (Å²) in [6, 6.07) is 9.76. The highest BCUT2D eigenvalue weighted by atomic mass is 16.5. The molecule has 136 valence electrons. The molecule has 0 fully saturated rings. The monoisotopic (exact) mass is 343 g/mol. The van der Waals surface area contributed by atoms with Crippen molar-refractivity contribution in [2.45, 2.75) is 53.4 Å². The fraction of sp³-hybridized carbons (Fsp3) is 0.550. The second kappa shape index (κ2) is 8.79. The minimum absolute atomic E-state index is 0.00743. The van der Waals surface area contributed by atoms with Crippen molar-refractivity contribution < 1.29 is 9.32 Å². The molecule has 0 aliphatic carbocycles.